The van der Waals surface area contributed by atoms with Crippen LogP contribution in [-0.4, -0.2) is 5.97 Å². The second kappa shape index (κ2) is 9.66. The Morgan fingerprint density at radius 3 is 1.96 bits per heavy atom. The van der Waals surface area contributed by atoms with Gasteiger partial charge in [-0.2, -0.15) is 12.1 Å². The van der Waals surface area contributed by atoms with Gasteiger partial charge in [0.1, 0.15) is 5.75 Å². The van der Waals surface area contributed by atoms with Gasteiger partial charge in [0.05, 0.1) is 0 Å². The molecule has 0 fully saturated rings. The first kappa shape index (κ1) is 19.6. The zero-order chi connectivity index (χ0) is 16.7. The van der Waals surface area contributed by atoms with E-state index in [0.717, 1.165) is 11.1 Å². The van der Waals surface area contributed by atoms with Gasteiger partial charge in [0.15, 0.2) is 0 Å². The molecule has 2 aromatic carbocycles. The Bertz CT molecular complexity index is 718. The van der Waals surface area contributed by atoms with E-state index in [2.05, 4.69) is 0 Å². The summed E-state index contributed by atoms with van der Waals surface area (Å²) in [6, 6.07) is 15.5. The molecular weight excluding hydrogens is 344 g/mol. The molecule has 0 bridgehead atoms. The van der Waals surface area contributed by atoms with Gasteiger partial charge in [-0.05, 0) is 5.57 Å². The summed E-state index contributed by atoms with van der Waals surface area (Å²) in [5.41, 5.74) is 3.09. The molecule has 0 spiro atoms. The molecule has 0 unspecified atom stereocenters. The van der Waals surface area contributed by atoms with Crippen LogP contribution in [0.5, 0.6) is 5.75 Å². The van der Waals surface area contributed by atoms with Crippen LogP contribution in [0, 0.1) is 0 Å². The standard InChI is InChI=1S/C13H11O2.C7H8O.Fe/c1-10(14)15-13-8-6-12(7-9-13)11-4-2-3-5-11;1-6(8)7-4-2-3-5-7;/h2-9H,1H3;2-5,8H,1H3;/q-1;;+2/p-1. The van der Waals surface area contributed by atoms with E-state index in [-0.39, 0.29) is 28.8 Å². The molecule has 0 radical (unpaired) electrons. The van der Waals surface area contributed by atoms with Gasteiger partial charge in [-0.15, -0.1) is 35.6 Å². The minimum Gasteiger partial charge on any atom is -0.875 e. The zero-order valence-corrected chi connectivity index (χ0v) is 14.6. The number of allylic oxidation sites excluding steroid dienone is 6. The number of carbonyl (C=O) groups excluding carboxylic acids is 1. The molecular formula is C20H18FeO3. The number of esters is 1. The molecule has 0 amide bonds. The number of benzene rings is 1. The van der Waals surface area contributed by atoms with Crippen LogP contribution in [0.15, 0.2) is 84.2 Å². The van der Waals surface area contributed by atoms with Gasteiger partial charge in [-0.1, -0.05) is 48.9 Å². The van der Waals surface area contributed by atoms with Crippen molar-refractivity contribution >= 4 is 5.97 Å². The molecule has 0 heterocycles. The third-order valence-corrected chi connectivity index (χ3v) is 3.18. The van der Waals surface area contributed by atoms with Crippen LogP contribution in [0.3, 0.4) is 0 Å². The maximum atomic E-state index is 10.7. The van der Waals surface area contributed by atoms with Crippen LogP contribution < -0.4 is 9.84 Å². The summed E-state index contributed by atoms with van der Waals surface area (Å²) in [5, 5.41) is 10.5. The molecule has 0 atom stereocenters. The monoisotopic (exact) mass is 362 g/mol. The molecule has 1 aliphatic rings. The van der Waals surface area contributed by atoms with Gasteiger partial charge < -0.3 is 9.84 Å². The van der Waals surface area contributed by atoms with E-state index in [1.807, 2.05) is 60.7 Å². The van der Waals surface area contributed by atoms with Crippen LogP contribution in [0.2, 0.25) is 0 Å². The summed E-state index contributed by atoms with van der Waals surface area (Å²) in [4.78, 5) is 10.7. The Labute approximate surface area is 152 Å². The van der Waals surface area contributed by atoms with Crippen molar-refractivity contribution in [3.63, 3.8) is 0 Å². The van der Waals surface area contributed by atoms with Crippen LogP contribution >= 0.6 is 0 Å². The Morgan fingerprint density at radius 2 is 1.54 bits per heavy atom. The average molecular weight is 362 g/mol. The largest absolute Gasteiger partial charge is 2.00 e. The fraction of sp³-hybridized carbons (Fsp3) is 0.100. The average Bonchev–Trinajstić information content (AvgIpc) is 3.22. The van der Waals surface area contributed by atoms with Crippen LogP contribution in [-0.2, 0) is 21.9 Å². The molecule has 3 rings (SSSR count). The van der Waals surface area contributed by atoms with Crippen molar-refractivity contribution < 1.29 is 31.7 Å². The molecule has 0 saturated heterocycles. The van der Waals surface area contributed by atoms with E-state index < -0.39 is 0 Å². The Balaban J connectivity index is 0.000000273. The summed E-state index contributed by atoms with van der Waals surface area (Å²) in [5.74, 6) is 0.420. The molecule has 1 aliphatic carbocycles. The molecule has 4 heteroatoms. The molecule has 24 heavy (non-hydrogen) atoms. The second-order valence-corrected chi connectivity index (χ2v) is 5.02. The maximum Gasteiger partial charge on any atom is 2.00 e. The van der Waals surface area contributed by atoms with Crippen LogP contribution in [0.25, 0.3) is 11.1 Å². The fourth-order valence-corrected chi connectivity index (χ4v) is 2.06. The number of hydrogen-bond donors (Lipinski definition) is 0. The molecule has 2 aromatic rings. The minimum absolute atomic E-state index is 0. The van der Waals surface area contributed by atoms with E-state index in [9.17, 15) is 9.90 Å². The van der Waals surface area contributed by atoms with Gasteiger partial charge in [0.25, 0.3) is 0 Å². The third kappa shape index (κ3) is 5.99. The molecule has 0 aromatic heterocycles. The summed E-state index contributed by atoms with van der Waals surface area (Å²) in [6.07, 6.45) is 7.33. The minimum atomic E-state index is -0.295. The van der Waals surface area contributed by atoms with E-state index in [1.54, 1.807) is 19.1 Å². The van der Waals surface area contributed by atoms with Crippen LogP contribution in [0.1, 0.15) is 13.8 Å². The maximum absolute atomic E-state index is 10.7. The van der Waals surface area contributed by atoms with Crippen molar-refractivity contribution in [1.82, 2.24) is 0 Å². The molecule has 0 saturated carbocycles. The Hall–Kier alpha value is -2.42. The summed E-state index contributed by atoms with van der Waals surface area (Å²) in [6.45, 7) is 2.96. The summed E-state index contributed by atoms with van der Waals surface area (Å²) < 4.78 is 4.95. The van der Waals surface area contributed by atoms with E-state index in [1.165, 1.54) is 12.5 Å². The van der Waals surface area contributed by atoms with Crippen molar-refractivity contribution in [2.75, 3.05) is 0 Å². The van der Waals surface area contributed by atoms with Crippen molar-refractivity contribution in [3.8, 4) is 16.9 Å². The van der Waals surface area contributed by atoms with Gasteiger partial charge >= 0.3 is 23.0 Å². The van der Waals surface area contributed by atoms with Gasteiger partial charge in [-0.25, -0.2) is 0 Å². The first-order valence-electron chi connectivity index (χ1n) is 7.29. The topological polar surface area (TPSA) is 49.4 Å². The third-order valence-electron chi connectivity index (χ3n) is 3.18. The molecule has 0 N–H and O–H groups in total. The van der Waals surface area contributed by atoms with Crippen molar-refractivity contribution in [3.05, 3.63) is 84.2 Å². The predicted molar refractivity (Wildman–Crippen MR) is 89.8 cm³/mol. The second-order valence-electron chi connectivity index (χ2n) is 5.02. The van der Waals surface area contributed by atoms with Crippen molar-refractivity contribution in [2.45, 2.75) is 13.8 Å². The van der Waals surface area contributed by atoms with Crippen molar-refractivity contribution in [2.24, 2.45) is 0 Å². The Morgan fingerprint density at radius 1 is 1.00 bits per heavy atom. The quantitative estimate of drug-likeness (QED) is 0.269. The van der Waals surface area contributed by atoms with Crippen LogP contribution in [0.4, 0.5) is 0 Å². The van der Waals surface area contributed by atoms with Gasteiger partial charge in [-0.3, -0.25) is 4.79 Å². The zero-order valence-electron chi connectivity index (χ0n) is 13.5. The van der Waals surface area contributed by atoms with E-state index >= 15 is 0 Å². The Kier molecular flexibility index (Phi) is 7.90. The number of carbonyl (C=O) groups is 1. The number of rotatable bonds is 2. The molecule has 3 nitrogen and oxygen atoms in total. The normalized spacial score (nSPS) is 11.3. The fourth-order valence-electron chi connectivity index (χ4n) is 2.06. The smallest absolute Gasteiger partial charge is 0.875 e. The molecule has 0 aliphatic heterocycles. The first-order chi connectivity index (χ1) is 11.1. The summed E-state index contributed by atoms with van der Waals surface area (Å²) >= 11 is 0. The van der Waals surface area contributed by atoms with Gasteiger partial charge in [0.2, 0.25) is 0 Å². The number of hydrogen-bond acceptors (Lipinski definition) is 3. The van der Waals surface area contributed by atoms with Crippen molar-refractivity contribution in [1.29, 1.82) is 0 Å². The van der Waals surface area contributed by atoms with E-state index in [4.69, 9.17) is 4.74 Å². The molecule has 124 valence electrons. The number of ether oxygens (including phenoxy) is 1. The first-order valence-corrected chi connectivity index (χ1v) is 7.29. The predicted octanol–water partition coefficient (Wildman–Crippen LogP) is 3.74. The van der Waals surface area contributed by atoms with Gasteiger partial charge in [0, 0.05) is 6.92 Å². The SMILES string of the molecule is CC(=O)Oc1ccc(-[c-]2cccc2)cc1.CC([O-])=C1C=CC=C1.[Fe+2]. The van der Waals surface area contributed by atoms with E-state index in [0.29, 0.717) is 5.75 Å². The summed E-state index contributed by atoms with van der Waals surface area (Å²) in [7, 11) is 0.